The molecule has 4 N–H and O–H groups in total. The standard InChI is InChI=1S/C18H24ClN3O2/c19-13-6-7-16(14(9-13)18(24)21-10-11-4-5-11)22-17(23)8-12-2-1-3-15(12)20/h6-7,9,11-12,15H,1-5,8,10,20H2,(H,21,24)(H,22,23)/t12-,15+/m0/s1. The minimum Gasteiger partial charge on any atom is -0.352 e. The molecule has 2 amide bonds. The molecule has 1 aromatic rings. The lowest BCUT2D eigenvalue weighted by Gasteiger charge is -2.16. The van der Waals surface area contributed by atoms with Gasteiger partial charge in [0.15, 0.2) is 0 Å². The second-order valence-electron chi connectivity index (χ2n) is 6.95. The molecule has 0 saturated heterocycles. The molecule has 2 aliphatic rings. The van der Waals surface area contributed by atoms with Crippen molar-refractivity contribution in [3.05, 3.63) is 28.8 Å². The molecule has 0 aliphatic heterocycles. The molecular weight excluding hydrogens is 326 g/mol. The van der Waals surface area contributed by atoms with Crippen molar-refractivity contribution in [3.63, 3.8) is 0 Å². The van der Waals surface area contributed by atoms with Gasteiger partial charge in [-0.3, -0.25) is 9.59 Å². The quantitative estimate of drug-likeness (QED) is 0.738. The molecule has 0 spiro atoms. The Morgan fingerprint density at radius 3 is 2.67 bits per heavy atom. The molecule has 2 saturated carbocycles. The fraction of sp³-hybridized carbons (Fsp3) is 0.556. The third kappa shape index (κ3) is 4.48. The highest BCUT2D eigenvalue weighted by atomic mass is 35.5. The molecule has 1 aromatic carbocycles. The van der Waals surface area contributed by atoms with E-state index in [1.54, 1.807) is 18.2 Å². The van der Waals surface area contributed by atoms with E-state index < -0.39 is 0 Å². The Morgan fingerprint density at radius 2 is 2.00 bits per heavy atom. The second kappa shape index (κ2) is 7.53. The Morgan fingerprint density at radius 1 is 1.21 bits per heavy atom. The summed E-state index contributed by atoms with van der Waals surface area (Å²) in [5.74, 6) is 0.521. The number of benzene rings is 1. The molecule has 24 heavy (non-hydrogen) atoms. The molecule has 0 unspecified atom stereocenters. The van der Waals surface area contributed by atoms with Crippen molar-refractivity contribution in [2.24, 2.45) is 17.6 Å². The molecular formula is C18H24ClN3O2. The third-order valence-electron chi connectivity index (χ3n) is 4.91. The SMILES string of the molecule is N[C@@H]1CCC[C@H]1CC(=O)Nc1ccc(Cl)cc1C(=O)NCC1CC1. The van der Waals surface area contributed by atoms with E-state index >= 15 is 0 Å². The van der Waals surface area contributed by atoms with Crippen LogP contribution in [-0.4, -0.2) is 24.4 Å². The number of carbonyl (C=O) groups is 2. The zero-order valence-electron chi connectivity index (χ0n) is 13.7. The number of nitrogens with one attached hydrogen (secondary N) is 2. The Bertz CT molecular complexity index is 631. The van der Waals surface area contributed by atoms with Crippen molar-refractivity contribution in [2.45, 2.75) is 44.6 Å². The van der Waals surface area contributed by atoms with Crippen LogP contribution in [0.2, 0.25) is 5.02 Å². The van der Waals surface area contributed by atoms with E-state index in [1.807, 2.05) is 0 Å². The van der Waals surface area contributed by atoms with Gasteiger partial charge in [-0.05, 0) is 55.7 Å². The van der Waals surface area contributed by atoms with Crippen molar-refractivity contribution in [1.82, 2.24) is 5.32 Å². The Kier molecular flexibility index (Phi) is 5.41. The molecule has 0 bridgehead atoms. The number of halogens is 1. The van der Waals surface area contributed by atoms with E-state index in [-0.39, 0.29) is 23.8 Å². The van der Waals surface area contributed by atoms with Crippen LogP contribution in [0.1, 0.15) is 48.9 Å². The van der Waals surface area contributed by atoms with E-state index in [0.717, 1.165) is 19.3 Å². The number of rotatable bonds is 6. The van der Waals surface area contributed by atoms with Gasteiger partial charge in [0.25, 0.3) is 5.91 Å². The van der Waals surface area contributed by atoms with Crippen molar-refractivity contribution in [1.29, 1.82) is 0 Å². The van der Waals surface area contributed by atoms with Gasteiger partial charge in [0, 0.05) is 24.0 Å². The van der Waals surface area contributed by atoms with Crippen LogP contribution in [0.25, 0.3) is 0 Å². The summed E-state index contributed by atoms with van der Waals surface area (Å²) in [4.78, 5) is 24.7. The normalized spacial score (nSPS) is 23.1. The number of carbonyl (C=O) groups excluding carboxylic acids is 2. The van der Waals surface area contributed by atoms with Crippen molar-refractivity contribution in [2.75, 3.05) is 11.9 Å². The van der Waals surface area contributed by atoms with Gasteiger partial charge in [0.05, 0.1) is 11.3 Å². The zero-order chi connectivity index (χ0) is 17.1. The third-order valence-corrected chi connectivity index (χ3v) is 5.15. The predicted molar refractivity (Wildman–Crippen MR) is 95.1 cm³/mol. The van der Waals surface area contributed by atoms with Crippen LogP contribution in [0.4, 0.5) is 5.69 Å². The van der Waals surface area contributed by atoms with Gasteiger partial charge < -0.3 is 16.4 Å². The van der Waals surface area contributed by atoms with Crippen LogP contribution < -0.4 is 16.4 Å². The predicted octanol–water partition coefficient (Wildman–Crippen LogP) is 2.94. The van der Waals surface area contributed by atoms with Gasteiger partial charge in [0.1, 0.15) is 0 Å². The lowest BCUT2D eigenvalue weighted by Crippen LogP contribution is -2.29. The highest BCUT2D eigenvalue weighted by Gasteiger charge is 2.27. The van der Waals surface area contributed by atoms with Crippen LogP contribution in [0, 0.1) is 11.8 Å². The van der Waals surface area contributed by atoms with E-state index in [1.165, 1.54) is 12.8 Å². The first kappa shape index (κ1) is 17.2. The van der Waals surface area contributed by atoms with Crippen molar-refractivity contribution in [3.8, 4) is 0 Å². The van der Waals surface area contributed by atoms with Crippen molar-refractivity contribution >= 4 is 29.1 Å². The summed E-state index contributed by atoms with van der Waals surface area (Å²) in [6.07, 6.45) is 5.78. The average molecular weight is 350 g/mol. The number of anilines is 1. The highest BCUT2D eigenvalue weighted by molar-refractivity contribution is 6.31. The lowest BCUT2D eigenvalue weighted by atomic mass is 9.99. The van der Waals surface area contributed by atoms with Crippen LogP contribution >= 0.6 is 11.6 Å². The summed E-state index contributed by atoms with van der Waals surface area (Å²) in [7, 11) is 0. The molecule has 130 valence electrons. The second-order valence-corrected chi connectivity index (χ2v) is 7.39. The van der Waals surface area contributed by atoms with Gasteiger partial charge in [-0.25, -0.2) is 0 Å². The number of hydrogen-bond donors (Lipinski definition) is 3. The minimum atomic E-state index is -0.197. The first-order valence-corrected chi connectivity index (χ1v) is 9.04. The van der Waals surface area contributed by atoms with Crippen molar-refractivity contribution < 1.29 is 9.59 Å². The Balaban J connectivity index is 1.65. The molecule has 2 atom stereocenters. The van der Waals surface area contributed by atoms with Crippen LogP contribution in [0.3, 0.4) is 0 Å². The van der Waals surface area contributed by atoms with Gasteiger partial charge >= 0.3 is 0 Å². The molecule has 6 heteroatoms. The summed E-state index contributed by atoms with van der Waals surface area (Å²) in [6.45, 7) is 0.676. The number of nitrogens with two attached hydrogens (primary N) is 1. The molecule has 3 rings (SSSR count). The Labute approximate surface area is 147 Å². The molecule has 5 nitrogen and oxygen atoms in total. The van der Waals surface area contributed by atoms with Crippen LogP contribution in [0.5, 0.6) is 0 Å². The van der Waals surface area contributed by atoms with Crippen LogP contribution in [-0.2, 0) is 4.79 Å². The Hall–Kier alpha value is -1.59. The highest BCUT2D eigenvalue weighted by Crippen LogP contribution is 2.29. The zero-order valence-corrected chi connectivity index (χ0v) is 14.4. The van der Waals surface area contributed by atoms with E-state index in [4.69, 9.17) is 17.3 Å². The van der Waals surface area contributed by atoms with Gasteiger partial charge in [-0.1, -0.05) is 18.0 Å². The minimum absolute atomic E-state index is 0.0993. The van der Waals surface area contributed by atoms with E-state index in [2.05, 4.69) is 10.6 Å². The summed E-state index contributed by atoms with van der Waals surface area (Å²) in [6, 6.07) is 5.06. The maximum absolute atomic E-state index is 12.4. The van der Waals surface area contributed by atoms with E-state index in [9.17, 15) is 9.59 Å². The largest absolute Gasteiger partial charge is 0.352 e. The summed E-state index contributed by atoms with van der Waals surface area (Å²) < 4.78 is 0. The first-order chi connectivity index (χ1) is 11.5. The first-order valence-electron chi connectivity index (χ1n) is 8.66. The maximum atomic E-state index is 12.4. The smallest absolute Gasteiger partial charge is 0.253 e. The molecule has 0 radical (unpaired) electrons. The fourth-order valence-electron chi connectivity index (χ4n) is 3.23. The van der Waals surface area contributed by atoms with Gasteiger partial charge in [0.2, 0.25) is 5.91 Å². The van der Waals surface area contributed by atoms with Crippen LogP contribution in [0.15, 0.2) is 18.2 Å². The van der Waals surface area contributed by atoms with Gasteiger partial charge in [-0.2, -0.15) is 0 Å². The van der Waals surface area contributed by atoms with Gasteiger partial charge in [-0.15, -0.1) is 0 Å². The topological polar surface area (TPSA) is 84.2 Å². The summed E-state index contributed by atoms with van der Waals surface area (Å²) in [5.41, 5.74) is 6.94. The average Bonchev–Trinajstić information content (AvgIpc) is 3.30. The molecule has 0 heterocycles. The number of amides is 2. The molecule has 2 aliphatic carbocycles. The lowest BCUT2D eigenvalue weighted by molar-refractivity contribution is -0.117. The molecule has 0 aromatic heterocycles. The summed E-state index contributed by atoms with van der Waals surface area (Å²) >= 11 is 6.02. The maximum Gasteiger partial charge on any atom is 0.253 e. The monoisotopic (exact) mass is 349 g/mol. The summed E-state index contributed by atoms with van der Waals surface area (Å²) in [5, 5.41) is 6.24. The fourth-order valence-corrected chi connectivity index (χ4v) is 3.40. The van der Waals surface area contributed by atoms with E-state index in [0.29, 0.717) is 35.2 Å². The number of hydrogen-bond acceptors (Lipinski definition) is 3. The molecule has 2 fully saturated rings.